The number of para-hydroxylation sites is 1. The number of phenols is 1. The summed E-state index contributed by atoms with van der Waals surface area (Å²) < 4.78 is 0. The van der Waals surface area contributed by atoms with Gasteiger partial charge in [0.2, 0.25) is 5.91 Å². The Morgan fingerprint density at radius 3 is 2.34 bits per heavy atom. The lowest BCUT2D eigenvalue weighted by Gasteiger charge is -2.25. The minimum Gasteiger partial charge on any atom is -0.505 e. The van der Waals surface area contributed by atoms with E-state index < -0.39 is 5.97 Å². The fourth-order valence-electron chi connectivity index (χ4n) is 5.06. The molecule has 1 fully saturated rings. The van der Waals surface area contributed by atoms with Crippen LogP contribution in [0.1, 0.15) is 78.4 Å². The fraction of sp³-hybridized carbons (Fsp3) is 0.333. The maximum absolute atomic E-state index is 13.4. The molecule has 1 aliphatic rings. The highest BCUT2D eigenvalue weighted by Crippen LogP contribution is 2.34. The van der Waals surface area contributed by atoms with Gasteiger partial charge in [-0.2, -0.15) is 0 Å². The zero-order valence-corrected chi connectivity index (χ0v) is 21.7. The number of carboxylic acid groups (broad SMARTS) is 1. The molecule has 1 amide bonds. The first-order chi connectivity index (χ1) is 18.5. The zero-order chi connectivity index (χ0) is 26.7. The van der Waals surface area contributed by atoms with Gasteiger partial charge in [0.25, 0.3) is 0 Å². The number of hydrogen-bond donors (Lipinski definition) is 2. The molecule has 0 unspecified atom stereocenters. The van der Waals surface area contributed by atoms with Crippen LogP contribution in [0.5, 0.6) is 5.75 Å². The summed E-state index contributed by atoms with van der Waals surface area (Å²) in [6.07, 6.45) is 8.75. The third kappa shape index (κ3) is 7.49. The second-order valence-corrected chi connectivity index (χ2v) is 9.99. The van der Waals surface area contributed by atoms with E-state index in [1.54, 1.807) is 12.1 Å². The summed E-state index contributed by atoms with van der Waals surface area (Å²) in [5.74, 6) is 5.29. The molecule has 0 saturated heterocycles. The Morgan fingerprint density at radius 1 is 0.895 bits per heavy atom. The van der Waals surface area contributed by atoms with E-state index in [2.05, 4.69) is 36.1 Å². The summed E-state index contributed by atoms with van der Waals surface area (Å²) in [5.41, 5.74) is 3.12. The molecule has 38 heavy (non-hydrogen) atoms. The van der Waals surface area contributed by atoms with Crippen molar-refractivity contribution in [2.24, 2.45) is 5.92 Å². The molecule has 0 aromatic heterocycles. The highest BCUT2D eigenvalue weighted by atomic mass is 16.4. The molecule has 3 aromatic rings. The summed E-state index contributed by atoms with van der Waals surface area (Å²) in [6.45, 7) is 0.241. The first-order valence-corrected chi connectivity index (χ1v) is 13.5. The molecule has 1 aliphatic carbocycles. The Balaban J connectivity index is 1.43. The number of aromatic carboxylic acids is 1. The molecule has 3 aromatic carbocycles. The van der Waals surface area contributed by atoms with E-state index in [0.717, 1.165) is 49.7 Å². The van der Waals surface area contributed by atoms with Crippen LogP contribution in [-0.4, -0.2) is 22.1 Å². The van der Waals surface area contributed by atoms with Crippen LogP contribution >= 0.6 is 0 Å². The number of aryl methyl sites for hydroxylation is 1. The quantitative estimate of drug-likeness (QED) is 0.229. The van der Waals surface area contributed by atoms with Crippen LogP contribution in [0.2, 0.25) is 0 Å². The minimum atomic E-state index is -1.23. The zero-order valence-electron chi connectivity index (χ0n) is 21.7. The number of hydrogen-bond acceptors (Lipinski definition) is 3. The van der Waals surface area contributed by atoms with Crippen molar-refractivity contribution < 1.29 is 19.8 Å². The van der Waals surface area contributed by atoms with Crippen molar-refractivity contribution in [3.63, 3.8) is 0 Å². The number of aromatic hydroxyl groups is 1. The number of anilines is 1. The normalized spacial score (nSPS) is 13.1. The van der Waals surface area contributed by atoms with Crippen molar-refractivity contribution in [2.75, 3.05) is 4.90 Å². The smallest absolute Gasteiger partial charge is 0.339 e. The molecular formula is C33H35NO4. The molecule has 0 spiro atoms. The topological polar surface area (TPSA) is 77.8 Å². The van der Waals surface area contributed by atoms with E-state index >= 15 is 0 Å². The monoisotopic (exact) mass is 509 g/mol. The highest BCUT2D eigenvalue weighted by Gasteiger charge is 2.24. The van der Waals surface area contributed by atoms with Crippen molar-refractivity contribution in [1.82, 2.24) is 0 Å². The molecule has 0 radical (unpaired) electrons. The van der Waals surface area contributed by atoms with Crippen LogP contribution < -0.4 is 4.90 Å². The Hall–Kier alpha value is -4.04. The van der Waals surface area contributed by atoms with Crippen LogP contribution in [0.3, 0.4) is 0 Å². The Morgan fingerprint density at radius 2 is 1.63 bits per heavy atom. The molecule has 5 nitrogen and oxygen atoms in total. The summed E-state index contributed by atoms with van der Waals surface area (Å²) in [6, 6.07) is 22.6. The van der Waals surface area contributed by atoms with Gasteiger partial charge in [0, 0.05) is 18.4 Å². The summed E-state index contributed by atoms with van der Waals surface area (Å²) in [5, 5.41) is 20.2. The van der Waals surface area contributed by atoms with Gasteiger partial charge in [-0.15, -0.1) is 0 Å². The number of carboxylic acids is 1. The molecule has 2 N–H and O–H groups in total. The van der Waals surface area contributed by atoms with E-state index in [1.165, 1.54) is 29.4 Å². The Kier molecular flexibility index (Phi) is 9.59. The van der Waals surface area contributed by atoms with E-state index in [-0.39, 0.29) is 29.5 Å². The molecular weight excluding hydrogens is 474 g/mol. The standard InChI is InChI=1S/C33H35NO4/c35-31(23-22-26-14-7-8-15-26)34(30-17-9-16-29(32(30)36)33(37)38)24-28-20-18-27(19-21-28)13-6-2-5-12-25-10-3-1-4-11-25/h1,3-4,9-11,16-21,26,36H,2,5,7-8,12,14-15,22-24H2,(H,37,38). The number of amides is 1. The van der Waals surface area contributed by atoms with E-state index in [9.17, 15) is 19.8 Å². The van der Waals surface area contributed by atoms with Crippen LogP contribution in [0.15, 0.2) is 72.8 Å². The van der Waals surface area contributed by atoms with Gasteiger partial charge < -0.3 is 15.1 Å². The second-order valence-electron chi connectivity index (χ2n) is 9.99. The van der Waals surface area contributed by atoms with Gasteiger partial charge in [-0.05, 0) is 60.6 Å². The van der Waals surface area contributed by atoms with Gasteiger partial charge in [-0.1, -0.05) is 86.1 Å². The summed E-state index contributed by atoms with van der Waals surface area (Å²) >= 11 is 0. The molecule has 4 rings (SSSR count). The highest BCUT2D eigenvalue weighted by molar-refractivity contribution is 5.99. The number of carbonyl (C=O) groups is 2. The maximum Gasteiger partial charge on any atom is 0.339 e. The lowest BCUT2D eigenvalue weighted by Crippen LogP contribution is -2.31. The van der Waals surface area contributed by atoms with Crippen molar-refractivity contribution >= 4 is 17.6 Å². The third-order valence-corrected chi connectivity index (χ3v) is 7.22. The van der Waals surface area contributed by atoms with Crippen molar-refractivity contribution in [1.29, 1.82) is 0 Å². The van der Waals surface area contributed by atoms with Crippen molar-refractivity contribution in [2.45, 2.75) is 64.3 Å². The molecule has 1 saturated carbocycles. The van der Waals surface area contributed by atoms with E-state index in [0.29, 0.717) is 12.3 Å². The molecule has 0 bridgehead atoms. The molecule has 0 heterocycles. The number of carbonyl (C=O) groups excluding carboxylic acids is 1. The van der Waals surface area contributed by atoms with Gasteiger partial charge in [0.05, 0.1) is 12.2 Å². The molecule has 0 aliphatic heterocycles. The number of rotatable bonds is 10. The Bertz CT molecular complexity index is 1280. The SMILES string of the molecule is O=C(O)c1cccc(N(Cc2ccc(C#CCCCc3ccccc3)cc2)C(=O)CCC2CCCC2)c1O. The Labute approximate surface area is 225 Å². The van der Waals surface area contributed by atoms with Crippen LogP contribution in [-0.2, 0) is 17.8 Å². The number of unbranched alkanes of at least 4 members (excludes halogenated alkanes) is 1. The average Bonchev–Trinajstić information content (AvgIpc) is 3.46. The van der Waals surface area contributed by atoms with Gasteiger partial charge in [0.1, 0.15) is 5.56 Å². The van der Waals surface area contributed by atoms with E-state index in [1.807, 2.05) is 30.3 Å². The van der Waals surface area contributed by atoms with Crippen LogP contribution in [0.4, 0.5) is 5.69 Å². The van der Waals surface area contributed by atoms with Crippen LogP contribution in [0, 0.1) is 17.8 Å². The average molecular weight is 510 g/mol. The number of nitrogens with zero attached hydrogens (tertiary/aromatic N) is 1. The summed E-state index contributed by atoms with van der Waals surface area (Å²) in [7, 11) is 0. The van der Waals surface area contributed by atoms with Gasteiger partial charge in [-0.3, -0.25) is 4.79 Å². The lowest BCUT2D eigenvalue weighted by molar-refractivity contribution is -0.119. The third-order valence-electron chi connectivity index (χ3n) is 7.22. The van der Waals surface area contributed by atoms with Gasteiger partial charge >= 0.3 is 5.97 Å². The lowest BCUT2D eigenvalue weighted by atomic mass is 10.0. The summed E-state index contributed by atoms with van der Waals surface area (Å²) in [4.78, 5) is 26.5. The largest absolute Gasteiger partial charge is 0.505 e. The van der Waals surface area contributed by atoms with Crippen molar-refractivity contribution in [3.05, 3.63) is 95.1 Å². The predicted molar refractivity (Wildman–Crippen MR) is 150 cm³/mol. The first kappa shape index (κ1) is 27.0. The van der Waals surface area contributed by atoms with Gasteiger partial charge in [-0.25, -0.2) is 4.79 Å². The molecule has 0 atom stereocenters. The second kappa shape index (κ2) is 13.5. The number of benzene rings is 3. The molecule has 196 valence electrons. The first-order valence-electron chi connectivity index (χ1n) is 13.5. The van der Waals surface area contributed by atoms with E-state index in [4.69, 9.17) is 0 Å². The fourth-order valence-corrected chi connectivity index (χ4v) is 5.06. The van der Waals surface area contributed by atoms with Gasteiger partial charge in [0.15, 0.2) is 5.75 Å². The molecule has 5 heteroatoms. The van der Waals surface area contributed by atoms with Crippen molar-refractivity contribution in [3.8, 4) is 17.6 Å². The maximum atomic E-state index is 13.4. The predicted octanol–water partition coefficient (Wildman–Crippen LogP) is 6.97. The van der Waals surface area contributed by atoms with Crippen LogP contribution in [0.25, 0.3) is 0 Å². The minimum absolute atomic E-state index is 0.114.